The second kappa shape index (κ2) is 7.92. The van der Waals surface area contributed by atoms with Gasteiger partial charge in [-0.1, -0.05) is 18.2 Å². The number of hydrogen-bond donors (Lipinski definition) is 1. The van der Waals surface area contributed by atoms with Gasteiger partial charge in [0.15, 0.2) is 0 Å². The number of carbonyl (C=O) groups is 2. The van der Waals surface area contributed by atoms with Crippen LogP contribution < -0.4 is 0 Å². The lowest BCUT2D eigenvalue weighted by atomic mass is 10.3. The second-order valence-electron chi connectivity index (χ2n) is 4.17. The minimum Gasteiger partial charge on any atom is -0.480 e. The summed E-state index contributed by atoms with van der Waals surface area (Å²) in [7, 11) is 0. The van der Waals surface area contributed by atoms with Crippen molar-refractivity contribution < 1.29 is 27.9 Å². The third kappa shape index (κ3) is 7.60. The first-order chi connectivity index (χ1) is 9.78. The molecule has 0 aromatic heterocycles. The van der Waals surface area contributed by atoms with Crippen LogP contribution in [0.2, 0.25) is 0 Å². The van der Waals surface area contributed by atoms with E-state index >= 15 is 0 Å². The van der Waals surface area contributed by atoms with Gasteiger partial charge in [-0.05, 0) is 12.1 Å². The maximum atomic E-state index is 12.3. The summed E-state index contributed by atoms with van der Waals surface area (Å²) in [5, 5.41) is 8.57. The van der Waals surface area contributed by atoms with Crippen molar-refractivity contribution in [1.82, 2.24) is 4.90 Å². The number of carboxylic acids is 1. The van der Waals surface area contributed by atoms with E-state index < -0.39 is 31.1 Å². The topological polar surface area (TPSA) is 57.6 Å². The van der Waals surface area contributed by atoms with Crippen molar-refractivity contribution in [3.63, 3.8) is 0 Å². The van der Waals surface area contributed by atoms with Crippen molar-refractivity contribution in [2.24, 2.45) is 0 Å². The first kappa shape index (κ1) is 17.4. The molecule has 0 atom stereocenters. The zero-order valence-electron chi connectivity index (χ0n) is 11.0. The van der Waals surface area contributed by atoms with Gasteiger partial charge in [-0.2, -0.15) is 13.2 Å². The van der Waals surface area contributed by atoms with Gasteiger partial charge in [0.1, 0.15) is 13.1 Å². The van der Waals surface area contributed by atoms with E-state index in [0.717, 1.165) is 4.90 Å². The van der Waals surface area contributed by atoms with E-state index in [0.29, 0.717) is 4.90 Å². The molecule has 0 saturated carbocycles. The molecule has 1 aromatic rings. The van der Waals surface area contributed by atoms with Crippen LogP contribution in [-0.2, 0) is 9.59 Å². The number of halogens is 3. The highest BCUT2D eigenvalue weighted by Gasteiger charge is 2.33. The SMILES string of the molecule is O=C(O)CN(CC(F)(F)F)C(=O)CCSc1ccccc1. The summed E-state index contributed by atoms with van der Waals surface area (Å²) in [6, 6.07) is 9.09. The van der Waals surface area contributed by atoms with Crippen molar-refractivity contribution in [1.29, 1.82) is 0 Å². The fourth-order valence-corrected chi connectivity index (χ4v) is 2.40. The molecule has 8 heteroatoms. The molecule has 1 rings (SSSR count). The molecular formula is C13H14F3NO3S. The highest BCUT2D eigenvalue weighted by atomic mass is 32.2. The monoisotopic (exact) mass is 321 g/mol. The average Bonchev–Trinajstić information content (AvgIpc) is 2.37. The summed E-state index contributed by atoms with van der Waals surface area (Å²) in [5.74, 6) is -2.00. The van der Waals surface area contributed by atoms with Crippen molar-refractivity contribution in [3.05, 3.63) is 30.3 Å². The summed E-state index contributed by atoms with van der Waals surface area (Å²) in [6.45, 7) is -2.50. The number of nitrogens with zero attached hydrogens (tertiary/aromatic N) is 1. The number of aliphatic carboxylic acids is 1. The molecule has 116 valence electrons. The second-order valence-corrected chi connectivity index (χ2v) is 5.34. The minimum absolute atomic E-state index is 0.150. The zero-order valence-corrected chi connectivity index (χ0v) is 11.8. The van der Waals surface area contributed by atoms with Crippen molar-refractivity contribution in [3.8, 4) is 0 Å². The highest BCUT2D eigenvalue weighted by Crippen LogP contribution is 2.20. The number of carboxylic acid groups (broad SMARTS) is 1. The number of benzene rings is 1. The fourth-order valence-electron chi connectivity index (χ4n) is 1.54. The van der Waals surface area contributed by atoms with E-state index in [1.807, 2.05) is 30.3 Å². The number of alkyl halides is 3. The van der Waals surface area contributed by atoms with Gasteiger partial charge in [-0.15, -0.1) is 11.8 Å². The van der Waals surface area contributed by atoms with E-state index in [1.165, 1.54) is 11.8 Å². The van der Waals surface area contributed by atoms with Gasteiger partial charge >= 0.3 is 12.1 Å². The Morgan fingerprint density at radius 1 is 1.19 bits per heavy atom. The van der Waals surface area contributed by atoms with Gasteiger partial charge in [-0.3, -0.25) is 9.59 Å². The van der Waals surface area contributed by atoms with Gasteiger partial charge in [0.05, 0.1) is 0 Å². The molecule has 0 spiro atoms. The summed E-state index contributed by atoms with van der Waals surface area (Å²) < 4.78 is 36.9. The summed E-state index contributed by atoms with van der Waals surface area (Å²) in [6.07, 6.45) is -4.76. The molecule has 1 amide bonds. The predicted molar refractivity (Wildman–Crippen MR) is 72.1 cm³/mol. The van der Waals surface area contributed by atoms with Crippen LogP contribution in [0.3, 0.4) is 0 Å². The Morgan fingerprint density at radius 3 is 2.33 bits per heavy atom. The molecule has 0 aliphatic heterocycles. The summed E-state index contributed by atoms with van der Waals surface area (Å²) >= 11 is 1.33. The van der Waals surface area contributed by atoms with Gasteiger partial charge < -0.3 is 10.0 Å². The lowest BCUT2D eigenvalue weighted by molar-refractivity contribution is -0.165. The van der Waals surface area contributed by atoms with Crippen LogP contribution in [-0.4, -0.2) is 46.9 Å². The Bertz CT molecular complexity index is 479. The molecule has 0 heterocycles. The Kier molecular flexibility index (Phi) is 6.54. The Hall–Kier alpha value is -1.70. The molecule has 0 bridgehead atoms. The van der Waals surface area contributed by atoms with Crippen LogP contribution in [0, 0.1) is 0 Å². The standard InChI is InChI=1S/C13H14F3NO3S/c14-13(15,16)9-17(8-12(19)20)11(18)6-7-21-10-4-2-1-3-5-10/h1-5H,6-9H2,(H,19,20). The van der Waals surface area contributed by atoms with Crippen LogP contribution in [0.15, 0.2) is 35.2 Å². The fraction of sp³-hybridized carbons (Fsp3) is 0.385. The van der Waals surface area contributed by atoms with E-state index in [1.54, 1.807) is 0 Å². The molecule has 0 radical (unpaired) electrons. The van der Waals surface area contributed by atoms with Crippen molar-refractivity contribution >= 4 is 23.6 Å². The predicted octanol–water partition coefficient (Wildman–Crippen LogP) is 2.64. The van der Waals surface area contributed by atoms with Crippen LogP contribution in [0.5, 0.6) is 0 Å². The van der Waals surface area contributed by atoms with Crippen molar-refractivity contribution in [2.45, 2.75) is 17.5 Å². The summed E-state index contributed by atoms with van der Waals surface area (Å²) in [4.78, 5) is 23.4. The molecule has 0 aliphatic carbocycles. The van der Waals surface area contributed by atoms with Crippen LogP contribution in [0.25, 0.3) is 0 Å². The number of carbonyl (C=O) groups excluding carboxylic acids is 1. The normalized spacial score (nSPS) is 11.2. The first-order valence-electron chi connectivity index (χ1n) is 6.02. The summed E-state index contributed by atoms with van der Waals surface area (Å²) in [5.41, 5.74) is 0. The van der Waals surface area contributed by atoms with E-state index in [4.69, 9.17) is 5.11 Å². The van der Waals surface area contributed by atoms with E-state index in [9.17, 15) is 22.8 Å². The van der Waals surface area contributed by atoms with Crippen LogP contribution >= 0.6 is 11.8 Å². The third-order valence-corrected chi connectivity index (χ3v) is 3.39. The molecular weight excluding hydrogens is 307 g/mol. The van der Waals surface area contributed by atoms with Gasteiger partial charge in [-0.25, -0.2) is 0 Å². The minimum atomic E-state index is -4.61. The van der Waals surface area contributed by atoms with Crippen LogP contribution in [0.4, 0.5) is 13.2 Å². The molecule has 0 saturated heterocycles. The molecule has 4 nitrogen and oxygen atoms in total. The maximum absolute atomic E-state index is 12.3. The first-order valence-corrected chi connectivity index (χ1v) is 7.00. The van der Waals surface area contributed by atoms with Gasteiger partial charge in [0.2, 0.25) is 5.91 Å². The average molecular weight is 321 g/mol. The molecule has 1 aromatic carbocycles. The Morgan fingerprint density at radius 2 is 1.81 bits per heavy atom. The van der Waals surface area contributed by atoms with Gasteiger partial charge in [0.25, 0.3) is 0 Å². The van der Waals surface area contributed by atoms with E-state index in [-0.39, 0.29) is 12.2 Å². The Balaban J connectivity index is 2.50. The van der Waals surface area contributed by atoms with Crippen molar-refractivity contribution in [2.75, 3.05) is 18.8 Å². The lowest BCUT2D eigenvalue weighted by Gasteiger charge is -2.22. The molecule has 1 N–H and O–H groups in total. The molecule has 0 fully saturated rings. The number of rotatable bonds is 7. The van der Waals surface area contributed by atoms with Gasteiger partial charge in [0, 0.05) is 17.1 Å². The Labute approximate surface area is 123 Å². The molecule has 21 heavy (non-hydrogen) atoms. The smallest absolute Gasteiger partial charge is 0.406 e. The number of amides is 1. The zero-order chi connectivity index (χ0) is 15.9. The number of hydrogen-bond acceptors (Lipinski definition) is 3. The third-order valence-electron chi connectivity index (χ3n) is 2.38. The lowest BCUT2D eigenvalue weighted by Crippen LogP contribution is -2.42. The van der Waals surface area contributed by atoms with Crippen LogP contribution in [0.1, 0.15) is 6.42 Å². The number of thioether (sulfide) groups is 1. The largest absolute Gasteiger partial charge is 0.480 e. The highest BCUT2D eigenvalue weighted by molar-refractivity contribution is 7.99. The molecule has 0 unspecified atom stereocenters. The quantitative estimate of drug-likeness (QED) is 0.785. The van der Waals surface area contributed by atoms with E-state index in [2.05, 4.69) is 0 Å². The maximum Gasteiger partial charge on any atom is 0.406 e. The molecule has 0 aliphatic rings.